The smallest absolute Gasteiger partial charge is 0.107 e. The Labute approximate surface area is 134 Å². The number of aromatic nitrogens is 1. The van der Waals surface area contributed by atoms with Crippen molar-refractivity contribution in [2.75, 3.05) is 13.1 Å². The van der Waals surface area contributed by atoms with Gasteiger partial charge in [0.05, 0.1) is 12.2 Å². The third-order valence-electron chi connectivity index (χ3n) is 4.77. The van der Waals surface area contributed by atoms with Gasteiger partial charge in [-0.05, 0) is 27.2 Å². The van der Waals surface area contributed by atoms with Gasteiger partial charge in [-0.25, -0.2) is 4.98 Å². The van der Waals surface area contributed by atoms with Gasteiger partial charge in [-0.2, -0.15) is 0 Å². The predicted octanol–water partition coefficient (Wildman–Crippen LogP) is 3.79. The van der Waals surface area contributed by atoms with E-state index in [1.807, 2.05) is 0 Å². The van der Waals surface area contributed by atoms with Gasteiger partial charge in [0.2, 0.25) is 0 Å². The predicted molar refractivity (Wildman–Crippen MR) is 92.0 cm³/mol. The SMILES string of the molecule is CCC1(C)CN(Cc2nc(C(C)(C)C)cs2)C(C)(C)CN1. The second kappa shape index (κ2) is 5.64. The fraction of sp³-hybridized carbons (Fsp3) is 0.824. The third-order valence-corrected chi connectivity index (χ3v) is 5.60. The van der Waals surface area contributed by atoms with E-state index in [-0.39, 0.29) is 16.5 Å². The first-order valence-corrected chi connectivity index (χ1v) is 8.89. The van der Waals surface area contributed by atoms with Crippen LogP contribution in [0.1, 0.15) is 65.6 Å². The molecule has 2 rings (SSSR count). The Morgan fingerprint density at radius 3 is 2.52 bits per heavy atom. The number of thiazole rings is 1. The monoisotopic (exact) mass is 309 g/mol. The lowest BCUT2D eigenvalue weighted by molar-refractivity contribution is 0.0245. The van der Waals surface area contributed by atoms with Gasteiger partial charge in [0, 0.05) is 35.0 Å². The maximum absolute atomic E-state index is 4.87. The van der Waals surface area contributed by atoms with Crippen LogP contribution in [0.5, 0.6) is 0 Å². The van der Waals surface area contributed by atoms with Crippen molar-refractivity contribution in [3.63, 3.8) is 0 Å². The number of hydrogen-bond acceptors (Lipinski definition) is 4. The summed E-state index contributed by atoms with van der Waals surface area (Å²) in [5.74, 6) is 0. The van der Waals surface area contributed by atoms with Crippen LogP contribution in [0.15, 0.2) is 5.38 Å². The Morgan fingerprint density at radius 1 is 1.33 bits per heavy atom. The summed E-state index contributed by atoms with van der Waals surface area (Å²) in [6.45, 7) is 19.0. The zero-order valence-corrected chi connectivity index (χ0v) is 15.5. The molecular weight excluding hydrogens is 278 g/mol. The molecule has 0 spiro atoms. The van der Waals surface area contributed by atoms with Gasteiger partial charge in [-0.1, -0.05) is 27.7 Å². The van der Waals surface area contributed by atoms with Crippen molar-refractivity contribution in [1.82, 2.24) is 15.2 Å². The maximum Gasteiger partial charge on any atom is 0.107 e. The molecule has 1 aromatic heterocycles. The van der Waals surface area contributed by atoms with E-state index in [4.69, 9.17) is 4.98 Å². The molecule has 1 fully saturated rings. The first-order chi connectivity index (χ1) is 9.56. The quantitative estimate of drug-likeness (QED) is 0.920. The molecule has 2 heterocycles. The number of hydrogen-bond donors (Lipinski definition) is 1. The number of rotatable bonds is 3. The summed E-state index contributed by atoms with van der Waals surface area (Å²) < 4.78 is 0. The Hall–Kier alpha value is -0.450. The molecule has 1 aliphatic heterocycles. The maximum atomic E-state index is 4.87. The van der Waals surface area contributed by atoms with Crippen LogP contribution >= 0.6 is 11.3 Å². The van der Waals surface area contributed by atoms with Gasteiger partial charge in [0.15, 0.2) is 0 Å². The second-order valence-electron chi connectivity index (χ2n) is 8.31. The van der Waals surface area contributed by atoms with Crippen molar-refractivity contribution in [3.05, 3.63) is 16.1 Å². The molecule has 1 aromatic rings. The van der Waals surface area contributed by atoms with Crippen molar-refractivity contribution >= 4 is 11.3 Å². The highest BCUT2D eigenvalue weighted by Crippen LogP contribution is 2.29. The molecule has 4 heteroatoms. The van der Waals surface area contributed by atoms with Crippen LogP contribution in [0.2, 0.25) is 0 Å². The topological polar surface area (TPSA) is 28.2 Å². The molecule has 1 atom stereocenters. The van der Waals surface area contributed by atoms with Crippen molar-refractivity contribution in [3.8, 4) is 0 Å². The summed E-state index contributed by atoms with van der Waals surface area (Å²) in [5, 5.41) is 7.19. The lowest BCUT2D eigenvalue weighted by Crippen LogP contribution is -2.66. The minimum atomic E-state index is 0.144. The van der Waals surface area contributed by atoms with E-state index in [1.54, 1.807) is 11.3 Å². The van der Waals surface area contributed by atoms with Crippen LogP contribution in [-0.4, -0.2) is 34.1 Å². The summed E-state index contributed by atoms with van der Waals surface area (Å²) in [5.41, 5.74) is 1.77. The highest BCUT2D eigenvalue weighted by atomic mass is 32.1. The minimum absolute atomic E-state index is 0.144. The minimum Gasteiger partial charge on any atom is -0.308 e. The average molecular weight is 310 g/mol. The molecule has 1 unspecified atom stereocenters. The molecule has 1 N–H and O–H groups in total. The first-order valence-electron chi connectivity index (χ1n) is 8.01. The van der Waals surface area contributed by atoms with Gasteiger partial charge >= 0.3 is 0 Å². The number of nitrogens with one attached hydrogen (secondary N) is 1. The normalized spacial score (nSPS) is 27.0. The summed E-state index contributed by atoms with van der Waals surface area (Å²) in [6, 6.07) is 0. The van der Waals surface area contributed by atoms with Gasteiger partial charge in [-0.15, -0.1) is 11.3 Å². The molecule has 3 nitrogen and oxygen atoms in total. The third kappa shape index (κ3) is 3.85. The van der Waals surface area contributed by atoms with Gasteiger partial charge in [0.25, 0.3) is 0 Å². The highest BCUT2D eigenvalue weighted by Gasteiger charge is 2.39. The molecule has 0 aliphatic carbocycles. The van der Waals surface area contributed by atoms with E-state index in [0.29, 0.717) is 0 Å². The molecule has 0 bridgehead atoms. The van der Waals surface area contributed by atoms with E-state index >= 15 is 0 Å². The van der Waals surface area contributed by atoms with Crippen molar-refractivity contribution in [2.45, 2.75) is 77.9 Å². The van der Waals surface area contributed by atoms with E-state index in [9.17, 15) is 0 Å². The van der Waals surface area contributed by atoms with E-state index < -0.39 is 0 Å². The fourth-order valence-corrected chi connectivity index (χ4v) is 3.67. The van der Waals surface area contributed by atoms with Crippen LogP contribution in [-0.2, 0) is 12.0 Å². The number of piperazine rings is 1. The molecule has 1 aliphatic rings. The average Bonchev–Trinajstić information content (AvgIpc) is 2.83. The largest absolute Gasteiger partial charge is 0.308 e. The standard InChI is InChI=1S/C17H31N3S/c1-8-17(7)12-20(16(5,6)11-18-17)9-14-19-13(10-21-14)15(2,3)4/h10,18H,8-9,11-12H2,1-7H3. The van der Waals surface area contributed by atoms with Crippen LogP contribution in [0.25, 0.3) is 0 Å². The highest BCUT2D eigenvalue weighted by molar-refractivity contribution is 7.09. The molecule has 0 aromatic carbocycles. The van der Waals surface area contributed by atoms with Crippen molar-refractivity contribution < 1.29 is 0 Å². The molecule has 0 saturated carbocycles. The molecule has 0 radical (unpaired) electrons. The Kier molecular flexibility index (Phi) is 4.54. The molecule has 120 valence electrons. The van der Waals surface area contributed by atoms with E-state index in [2.05, 4.69) is 64.1 Å². The first kappa shape index (κ1) is 16.9. The fourth-order valence-electron chi connectivity index (χ4n) is 2.63. The van der Waals surface area contributed by atoms with Gasteiger partial charge < -0.3 is 5.32 Å². The molecular formula is C17H31N3S. The second-order valence-corrected chi connectivity index (χ2v) is 9.26. The number of nitrogens with zero attached hydrogens (tertiary/aromatic N) is 2. The lowest BCUT2D eigenvalue weighted by Gasteiger charge is -2.50. The van der Waals surface area contributed by atoms with Crippen LogP contribution in [0, 0.1) is 0 Å². The zero-order chi connectivity index (χ0) is 15.9. The molecule has 1 saturated heterocycles. The summed E-state index contributed by atoms with van der Waals surface area (Å²) in [4.78, 5) is 7.47. The van der Waals surface area contributed by atoms with Crippen LogP contribution < -0.4 is 5.32 Å². The van der Waals surface area contributed by atoms with Crippen LogP contribution in [0.3, 0.4) is 0 Å². The van der Waals surface area contributed by atoms with E-state index in [1.165, 1.54) is 10.7 Å². The Balaban J connectivity index is 2.14. The van der Waals surface area contributed by atoms with Crippen molar-refractivity contribution in [2.24, 2.45) is 0 Å². The summed E-state index contributed by atoms with van der Waals surface area (Å²) in [6.07, 6.45) is 1.16. The lowest BCUT2D eigenvalue weighted by atomic mass is 9.88. The Morgan fingerprint density at radius 2 is 2.00 bits per heavy atom. The summed E-state index contributed by atoms with van der Waals surface area (Å²) >= 11 is 1.81. The van der Waals surface area contributed by atoms with Gasteiger partial charge in [0.1, 0.15) is 5.01 Å². The van der Waals surface area contributed by atoms with Gasteiger partial charge in [-0.3, -0.25) is 4.90 Å². The van der Waals surface area contributed by atoms with E-state index in [0.717, 1.165) is 26.1 Å². The molecule has 0 amide bonds. The zero-order valence-electron chi connectivity index (χ0n) is 14.7. The summed E-state index contributed by atoms with van der Waals surface area (Å²) in [7, 11) is 0. The van der Waals surface area contributed by atoms with Crippen molar-refractivity contribution in [1.29, 1.82) is 0 Å². The van der Waals surface area contributed by atoms with Crippen LogP contribution in [0.4, 0.5) is 0 Å². The Bertz CT molecular complexity index is 486. The molecule has 21 heavy (non-hydrogen) atoms.